The van der Waals surface area contributed by atoms with Crippen LogP contribution in [-0.4, -0.2) is 25.6 Å². The van der Waals surface area contributed by atoms with Crippen LogP contribution < -0.4 is 5.32 Å². The van der Waals surface area contributed by atoms with E-state index in [9.17, 15) is 14.9 Å². The van der Waals surface area contributed by atoms with Crippen molar-refractivity contribution in [2.24, 2.45) is 0 Å². The number of nitro groups is 1. The number of non-ortho nitro benzene ring substituents is 1. The van der Waals surface area contributed by atoms with Crippen LogP contribution >= 0.6 is 31.9 Å². The van der Waals surface area contributed by atoms with Crippen molar-refractivity contribution in [2.75, 3.05) is 5.32 Å². The molecule has 11 heteroatoms. The molecule has 112 valence electrons. The molecular weight excluding hydrogens is 424 g/mol. The second kappa shape index (κ2) is 6.63. The Morgan fingerprint density at radius 1 is 1.45 bits per heavy atom. The molecule has 0 aliphatic carbocycles. The molecule has 22 heavy (non-hydrogen) atoms. The number of nitriles is 1. The highest BCUT2D eigenvalue weighted by molar-refractivity contribution is 9.11. The second-order valence-corrected chi connectivity index (χ2v) is 5.68. The number of hydrogen-bond acceptors (Lipinski definition) is 6. The number of hydrogen-bond donors (Lipinski definition) is 1. The molecule has 9 nitrogen and oxygen atoms in total. The summed E-state index contributed by atoms with van der Waals surface area (Å²) in [5.74, 6) is -0.463. The monoisotopic (exact) mass is 428 g/mol. The Hall–Kier alpha value is -2.32. The van der Waals surface area contributed by atoms with E-state index in [0.717, 1.165) is 0 Å². The van der Waals surface area contributed by atoms with Crippen LogP contribution in [0.4, 0.5) is 11.4 Å². The standard InChI is InChI=1S/C11H6Br2N6O3/c12-7-1-6(19(21)22)2-8(13)11(7)16-10(20)4-18-5-15-9(3-14)17-18/h1-2,5H,4H2,(H,16,20). The molecule has 0 saturated heterocycles. The van der Waals surface area contributed by atoms with Crippen molar-refractivity contribution in [3.05, 3.63) is 43.3 Å². The zero-order valence-electron chi connectivity index (χ0n) is 10.7. The molecule has 0 spiro atoms. The van der Waals surface area contributed by atoms with Crippen LogP contribution in [-0.2, 0) is 11.3 Å². The van der Waals surface area contributed by atoms with E-state index in [1.54, 1.807) is 6.07 Å². The Kier molecular flexibility index (Phi) is 4.84. The minimum absolute atomic E-state index is 0.0366. The fourth-order valence-corrected chi connectivity index (χ4v) is 2.89. The number of carbonyl (C=O) groups is 1. The van der Waals surface area contributed by atoms with E-state index >= 15 is 0 Å². The quantitative estimate of drug-likeness (QED) is 0.586. The maximum atomic E-state index is 11.9. The van der Waals surface area contributed by atoms with Crippen LogP contribution in [0.25, 0.3) is 0 Å². The topological polar surface area (TPSA) is 127 Å². The predicted octanol–water partition coefficient (Wildman–Crippen LogP) is 2.22. The molecule has 0 fully saturated rings. The van der Waals surface area contributed by atoms with E-state index in [1.165, 1.54) is 23.1 Å². The average Bonchev–Trinajstić information content (AvgIpc) is 2.90. The van der Waals surface area contributed by atoms with E-state index in [4.69, 9.17) is 5.26 Å². The molecule has 0 bridgehead atoms. The SMILES string of the molecule is N#Cc1ncn(CC(=O)Nc2c(Br)cc([N+](=O)[O-])cc2Br)n1. The molecule has 1 amide bonds. The van der Waals surface area contributed by atoms with Gasteiger partial charge in [-0.25, -0.2) is 9.67 Å². The Labute approximate surface area is 140 Å². The molecule has 1 N–H and O–H groups in total. The maximum Gasteiger partial charge on any atom is 0.271 e. The van der Waals surface area contributed by atoms with E-state index < -0.39 is 10.8 Å². The highest BCUT2D eigenvalue weighted by Crippen LogP contribution is 2.35. The normalized spacial score (nSPS) is 10.0. The summed E-state index contributed by atoms with van der Waals surface area (Å²) in [7, 11) is 0. The smallest absolute Gasteiger partial charge is 0.271 e. The summed E-state index contributed by atoms with van der Waals surface area (Å²) in [6.45, 7) is -0.148. The molecule has 1 aromatic heterocycles. The van der Waals surface area contributed by atoms with Crippen molar-refractivity contribution < 1.29 is 9.72 Å². The number of nitrogens with zero attached hydrogens (tertiary/aromatic N) is 5. The van der Waals surface area contributed by atoms with Gasteiger partial charge in [0.1, 0.15) is 18.9 Å². The number of rotatable bonds is 4. The number of halogens is 2. The van der Waals surface area contributed by atoms with Gasteiger partial charge < -0.3 is 5.32 Å². The van der Waals surface area contributed by atoms with Crippen LogP contribution in [0.1, 0.15) is 5.82 Å². The minimum Gasteiger partial charge on any atom is -0.323 e. The van der Waals surface area contributed by atoms with Crippen molar-refractivity contribution >= 4 is 49.1 Å². The highest BCUT2D eigenvalue weighted by Gasteiger charge is 2.16. The fourth-order valence-electron chi connectivity index (χ4n) is 1.53. The number of aromatic nitrogens is 3. The van der Waals surface area contributed by atoms with E-state index in [2.05, 4.69) is 47.3 Å². The van der Waals surface area contributed by atoms with Gasteiger partial charge in [-0.05, 0) is 31.9 Å². The second-order valence-electron chi connectivity index (χ2n) is 3.97. The van der Waals surface area contributed by atoms with Crippen LogP contribution in [0.15, 0.2) is 27.4 Å². The lowest BCUT2D eigenvalue weighted by Gasteiger charge is -2.09. The summed E-state index contributed by atoms with van der Waals surface area (Å²) >= 11 is 6.34. The molecule has 0 aliphatic rings. The third-order valence-corrected chi connectivity index (χ3v) is 3.70. The Morgan fingerprint density at radius 2 is 2.09 bits per heavy atom. The van der Waals surface area contributed by atoms with Gasteiger partial charge in [0.2, 0.25) is 5.91 Å². The van der Waals surface area contributed by atoms with E-state index in [-0.39, 0.29) is 18.1 Å². The zero-order chi connectivity index (χ0) is 16.3. The molecule has 0 unspecified atom stereocenters. The average molecular weight is 430 g/mol. The number of benzene rings is 1. The summed E-state index contributed by atoms with van der Waals surface area (Å²) in [5.41, 5.74) is 0.239. The molecule has 0 radical (unpaired) electrons. The minimum atomic E-state index is -0.542. The largest absolute Gasteiger partial charge is 0.323 e. The van der Waals surface area contributed by atoms with Crippen molar-refractivity contribution in [2.45, 2.75) is 6.54 Å². The first-order chi connectivity index (χ1) is 10.4. The maximum absolute atomic E-state index is 11.9. The first-order valence-electron chi connectivity index (χ1n) is 5.63. The van der Waals surface area contributed by atoms with Gasteiger partial charge >= 0.3 is 0 Å². The summed E-state index contributed by atoms with van der Waals surface area (Å²) in [6.07, 6.45) is 1.26. The Bertz CT molecular complexity index is 774. The van der Waals surface area contributed by atoms with Gasteiger partial charge in [-0.1, -0.05) is 0 Å². The van der Waals surface area contributed by atoms with Gasteiger partial charge in [-0.2, -0.15) is 5.26 Å². The first kappa shape index (κ1) is 16.1. The Morgan fingerprint density at radius 3 is 2.59 bits per heavy atom. The summed E-state index contributed by atoms with van der Waals surface area (Å²) in [4.78, 5) is 25.8. The molecule has 0 aliphatic heterocycles. The van der Waals surface area contributed by atoms with Crippen molar-refractivity contribution in [1.29, 1.82) is 5.26 Å². The predicted molar refractivity (Wildman–Crippen MR) is 81.9 cm³/mol. The number of carbonyl (C=O) groups excluding carboxylic acids is 1. The Balaban J connectivity index is 2.15. The zero-order valence-corrected chi connectivity index (χ0v) is 13.8. The van der Waals surface area contributed by atoms with Gasteiger partial charge in [0, 0.05) is 21.1 Å². The fraction of sp³-hybridized carbons (Fsp3) is 0.0909. The molecular formula is C11H6Br2N6O3. The molecule has 1 aromatic carbocycles. The lowest BCUT2D eigenvalue weighted by molar-refractivity contribution is -0.385. The summed E-state index contributed by atoms with van der Waals surface area (Å²) < 4.78 is 1.93. The molecule has 0 saturated carbocycles. The van der Waals surface area contributed by atoms with Crippen LogP contribution in [0.2, 0.25) is 0 Å². The van der Waals surface area contributed by atoms with Crippen molar-refractivity contribution in [3.8, 4) is 6.07 Å². The lowest BCUT2D eigenvalue weighted by Crippen LogP contribution is -2.19. The highest BCUT2D eigenvalue weighted by atomic mass is 79.9. The third kappa shape index (κ3) is 3.66. The number of nitrogens with one attached hydrogen (secondary N) is 1. The van der Waals surface area contributed by atoms with Gasteiger partial charge in [-0.3, -0.25) is 14.9 Å². The molecule has 1 heterocycles. The van der Waals surface area contributed by atoms with Crippen LogP contribution in [0, 0.1) is 21.4 Å². The third-order valence-electron chi connectivity index (χ3n) is 2.44. The van der Waals surface area contributed by atoms with Gasteiger partial charge in [-0.15, -0.1) is 5.10 Å². The van der Waals surface area contributed by atoms with Gasteiger partial charge in [0.15, 0.2) is 0 Å². The molecule has 2 aromatic rings. The van der Waals surface area contributed by atoms with Gasteiger partial charge in [0.25, 0.3) is 11.5 Å². The number of anilines is 1. The summed E-state index contributed by atoms with van der Waals surface area (Å²) in [6, 6.07) is 4.31. The summed E-state index contributed by atoms with van der Waals surface area (Å²) in [5, 5.41) is 25.7. The van der Waals surface area contributed by atoms with Crippen molar-refractivity contribution in [3.63, 3.8) is 0 Å². The lowest BCUT2D eigenvalue weighted by atomic mass is 10.3. The van der Waals surface area contributed by atoms with Crippen LogP contribution in [0.3, 0.4) is 0 Å². The number of nitro benzene ring substituents is 1. The first-order valence-corrected chi connectivity index (χ1v) is 7.22. The van der Waals surface area contributed by atoms with E-state index in [1.807, 2.05) is 0 Å². The number of amides is 1. The van der Waals surface area contributed by atoms with Crippen LogP contribution in [0.5, 0.6) is 0 Å². The molecule has 0 atom stereocenters. The molecule has 2 rings (SSSR count). The van der Waals surface area contributed by atoms with E-state index in [0.29, 0.717) is 14.6 Å². The van der Waals surface area contributed by atoms with Crippen molar-refractivity contribution in [1.82, 2.24) is 14.8 Å². The van der Waals surface area contributed by atoms with Gasteiger partial charge in [0.05, 0.1) is 10.6 Å².